The quantitative estimate of drug-likeness (QED) is 0.681. The van der Waals surface area contributed by atoms with Gasteiger partial charge in [0.1, 0.15) is 6.61 Å². The smallest absolute Gasteiger partial charge is 0.407 e. The Balaban J connectivity index is 1.18. The highest BCUT2D eigenvalue weighted by molar-refractivity contribution is 5.84. The zero-order valence-electron chi connectivity index (χ0n) is 19.0. The third kappa shape index (κ3) is 4.03. The van der Waals surface area contributed by atoms with Crippen molar-refractivity contribution in [3.05, 3.63) is 59.7 Å². The standard InChI is InChI=1S/C26H28N2O6/c1-28(16-12-15(13-16)25(30)31)24(29)23-22(10-11-33-23)27-26(32)34-14-21-19-8-4-2-6-17(19)18-7-3-5-9-20(18)21/h2-9,15-16,21-23H,10-14H2,1H3,(H,27,32)(H,30,31)/t15?,16?,22-,23+/m0/s1. The predicted molar refractivity (Wildman–Crippen MR) is 123 cm³/mol. The zero-order chi connectivity index (χ0) is 23.8. The van der Waals surface area contributed by atoms with Gasteiger partial charge in [-0.15, -0.1) is 0 Å². The average Bonchev–Trinajstić information content (AvgIpc) is 3.38. The second-order valence-corrected chi connectivity index (χ2v) is 9.27. The summed E-state index contributed by atoms with van der Waals surface area (Å²) >= 11 is 0. The molecule has 2 aromatic rings. The van der Waals surface area contributed by atoms with Gasteiger partial charge in [-0.05, 0) is 41.5 Å². The number of carboxylic acids is 1. The number of likely N-dealkylation sites (N-methyl/N-ethyl adjacent to an activating group) is 1. The summed E-state index contributed by atoms with van der Waals surface area (Å²) in [4.78, 5) is 38.2. The van der Waals surface area contributed by atoms with Gasteiger partial charge in [0.05, 0.1) is 12.0 Å². The molecule has 2 aliphatic carbocycles. The minimum atomic E-state index is -0.830. The van der Waals surface area contributed by atoms with E-state index in [1.807, 2.05) is 24.3 Å². The van der Waals surface area contributed by atoms with Crippen molar-refractivity contribution >= 4 is 18.0 Å². The van der Waals surface area contributed by atoms with Gasteiger partial charge < -0.3 is 24.8 Å². The first-order chi connectivity index (χ1) is 16.4. The van der Waals surface area contributed by atoms with Crippen molar-refractivity contribution in [1.29, 1.82) is 0 Å². The van der Waals surface area contributed by atoms with Crippen LogP contribution in [0.25, 0.3) is 11.1 Å². The van der Waals surface area contributed by atoms with Crippen molar-refractivity contribution in [2.45, 2.75) is 43.4 Å². The van der Waals surface area contributed by atoms with E-state index in [0.717, 1.165) is 22.3 Å². The third-order valence-electron chi connectivity index (χ3n) is 7.34. The lowest BCUT2D eigenvalue weighted by Crippen LogP contribution is -2.54. The van der Waals surface area contributed by atoms with E-state index in [9.17, 15) is 14.4 Å². The van der Waals surface area contributed by atoms with Gasteiger partial charge >= 0.3 is 12.1 Å². The maximum atomic E-state index is 13.0. The minimum Gasteiger partial charge on any atom is -0.481 e. The van der Waals surface area contributed by atoms with E-state index in [0.29, 0.717) is 25.9 Å². The molecule has 8 nitrogen and oxygen atoms in total. The van der Waals surface area contributed by atoms with Crippen molar-refractivity contribution in [2.24, 2.45) is 5.92 Å². The van der Waals surface area contributed by atoms with Crippen LogP contribution in [0.5, 0.6) is 0 Å². The molecule has 0 radical (unpaired) electrons. The molecule has 3 aliphatic rings. The van der Waals surface area contributed by atoms with Crippen molar-refractivity contribution in [1.82, 2.24) is 10.2 Å². The molecule has 0 unspecified atom stereocenters. The largest absolute Gasteiger partial charge is 0.481 e. The van der Waals surface area contributed by atoms with Crippen LogP contribution in [-0.2, 0) is 19.1 Å². The Hall–Kier alpha value is -3.39. The van der Waals surface area contributed by atoms with Gasteiger partial charge in [0.2, 0.25) is 0 Å². The molecule has 2 amide bonds. The number of nitrogens with one attached hydrogen (secondary N) is 1. The second kappa shape index (κ2) is 9.10. The lowest BCUT2D eigenvalue weighted by molar-refractivity contribution is -0.153. The van der Waals surface area contributed by atoms with E-state index in [4.69, 9.17) is 14.6 Å². The summed E-state index contributed by atoms with van der Waals surface area (Å²) in [6.45, 7) is 0.561. The molecule has 2 N–H and O–H groups in total. The number of hydrogen-bond acceptors (Lipinski definition) is 5. The fourth-order valence-electron chi connectivity index (χ4n) is 5.26. The molecule has 2 atom stereocenters. The van der Waals surface area contributed by atoms with Gasteiger partial charge in [0, 0.05) is 25.6 Å². The lowest BCUT2D eigenvalue weighted by atomic mass is 9.79. The molecule has 0 spiro atoms. The van der Waals surface area contributed by atoms with Crippen LogP contribution >= 0.6 is 0 Å². The number of nitrogens with zero attached hydrogens (tertiary/aromatic N) is 1. The molecule has 1 aliphatic heterocycles. The van der Waals surface area contributed by atoms with E-state index in [-0.39, 0.29) is 24.5 Å². The fourth-order valence-corrected chi connectivity index (χ4v) is 5.26. The Morgan fingerprint density at radius 1 is 1.06 bits per heavy atom. The number of amides is 2. The summed E-state index contributed by atoms with van der Waals surface area (Å²) < 4.78 is 11.3. The van der Waals surface area contributed by atoms with Crippen LogP contribution in [-0.4, -0.2) is 66.4 Å². The number of aliphatic carboxylic acids is 1. The maximum absolute atomic E-state index is 13.0. The Kier molecular flexibility index (Phi) is 6.00. The van der Waals surface area contributed by atoms with Gasteiger partial charge in [0.25, 0.3) is 5.91 Å². The second-order valence-electron chi connectivity index (χ2n) is 9.27. The number of carbonyl (C=O) groups excluding carboxylic acids is 2. The fraction of sp³-hybridized carbons (Fsp3) is 0.423. The summed E-state index contributed by atoms with van der Waals surface area (Å²) in [6, 6.07) is 15.7. The van der Waals surface area contributed by atoms with Crippen molar-refractivity contribution in [3.8, 4) is 11.1 Å². The lowest BCUT2D eigenvalue weighted by Gasteiger charge is -2.40. The van der Waals surface area contributed by atoms with Crippen molar-refractivity contribution < 1.29 is 29.0 Å². The summed E-state index contributed by atoms with van der Waals surface area (Å²) in [5.41, 5.74) is 4.59. The molecule has 0 bridgehead atoms. The molecule has 8 heteroatoms. The van der Waals surface area contributed by atoms with E-state index in [1.165, 1.54) is 0 Å². The first-order valence-electron chi connectivity index (χ1n) is 11.7. The Bertz CT molecular complexity index is 1070. The van der Waals surface area contributed by atoms with Crippen LogP contribution in [0.15, 0.2) is 48.5 Å². The van der Waals surface area contributed by atoms with E-state index < -0.39 is 30.1 Å². The van der Waals surface area contributed by atoms with Gasteiger partial charge in [0.15, 0.2) is 6.10 Å². The summed E-state index contributed by atoms with van der Waals surface area (Å²) in [7, 11) is 1.66. The third-order valence-corrected chi connectivity index (χ3v) is 7.34. The van der Waals surface area contributed by atoms with Crippen LogP contribution in [0, 0.1) is 5.92 Å². The molecule has 2 fully saturated rings. The number of hydrogen-bond donors (Lipinski definition) is 2. The van der Waals surface area contributed by atoms with E-state index >= 15 is 0 Å². The number of benzene rings is 2. The normalized spacial score (nSPS) is 25.1. The van der Waals surface area contributed by atoms with Crippen LogP contribution < -0.4 is 5.32 Å². The molecule has 1 saturated heterocycles. The van der Waals surface area contributed by atoms with Gasteiger partial charge in [-0.25, -0.2) is 4.79 Å². The average molecular weight is 465 g/mol. The molecule has 5 rings (SSSR count). The monoisotopic (exact) mass is 464 g/mol. The van der Waals surface area contributed by atoms with Gasteiger partial charge in [-0.2, -0.15) is 0 Å². The van der Waals surface area contributed by atoms with Crippen molar-refractivity contribution in [2.75, 3.05) is 20.3 Å². The summed E-state index contributed by atoms with van der Waals surface area (Å²) in [5.74, 6) is -1.51. The molecule has 1 heterocycles. The van der Waals surface area contributed by atoms with E-state index in [2.05, 4.69) is 29.6 Å². The number of rotatable bonds is 6. The topological polar surface area (TPSA) is 105 Å². The molecular formula is C26H28N2O6. The Labute approximate surface area is 197 Å². The van der Waals surface area contributed by atoms with Gasteiger partial charge in [-0.3, -0.25) is 9.59 Å². The molecule has 178 valence electrons. The highest BCUT2D eigenvalue weighted by Crippen LogP contribution is 2.44. The highest BCUT2D eigenvalue weighted by atomic mass is 16.6. The minimum absolute atomic E-state index is 0.0395. The van der Waals surface area contributed by atoms with Crippen molar-refractivity contribution in [3.63, 3.8) is 0 Å². The van der Waals surface area contributed by atoms with Crippen LogP contribution in [0.1, 0.15) is 36.3 Å². The Morgan fingerprint density at radius 3 is 2.29 bits per heavy atom. The highest BCUT2D eigenvalue weighted by Gasteiger charge is 2.43. The summed E-state index contributed by atoms with van der Waals surface area (Å²) in [6.07, 6.45) is 0.0159. The molecule has 34 heavy (non-hydrogen) atoms. The van der Waals surface area contributed by atoms with Crippen LogP contribution in [0.3, 0.4) is 0 Å². The molecular weight excluding hydrogens is 436 g/mol. The first kappa shape index (κ1) is 22.4. The van der Waals surface area contributed by atoms with Crippen LogP contribution in [0.2, 0.25) is 0 Å². The predicted octanol–water partition coefficient (Wildman–Crippen LogP) is 3.00. The summed E-state index contributed by atoms with van der Waals surface area (Å²) in [5, 5.41) is 11.9. The van der Waals surface area contributed by atoms with Crippen LogP contribution in [0.4, 0.5) is 4.79 Å². The number of fused-ring (bicyclic) bond motifs is 3. The van der Waals surface area contributed by atoms with E-state index in [1.54, 1.807) is 11.9 Å². The van der Waals surface area contributed by atoms with Gasteiger partial charge in [-0.1, -0.05) is 48.5 Å². The maximum Gasteiger partial charge on any atom is 0.407 e. The number of ether oxygens (including phenoxy) is 2. The molecule has 2 aromatic carbocycles. The Morgan fingerprint density at radius 2 is 1.68 bits per heavy atom. The zero-order valence-corrected chi connectivity index (χ0v) is 19.0. The molecule has 1 saturated carbocycles. The number of carboxylic acid groups (broad SMARTS) is 1. The molecule has 0 aromatic heterocycles. The first-order valence-corrected chi connectivity index (χ1v) is 11.7. The SMILES string of the molecule is CN(C(=O)[C@@H]1OCC[C@@H]1NC(=O)OCC1c2ccccc2-c2ccccc21)C1CC(C(=O)O)C1. The number of alkyl carbamates (subject to hydrolysis) is 1. The number of carbonyl (C=O) groups is 3.